The van der Waals surface area contributed by atoms with Gasteiger partial charge in [0.15, 0.2) is 11.5 Å². The fourth-order valence-corrected chi connectivity index (χ4v) is 3.16. The standard InChI is InChI=1S/C19H28N2O6/c1-3-26-18-13-16(21(23)24)15(12-17(18)25-2)19(22)20-10-7-11-27-14-8-5-4-6-9-14/h12-14H,3-11H2,1-2H3,(H,20,22). The Morgan fingerprint density at radius 1 is 1.26 bits per heavy atom. The summed E-state index contributed by atoms with van der Waals surface area (Å²) in [6.45, 7) is 3.05. The van der Waals surface area contributed by atoms with Crippen LogP contribution in [-0.4, -0.2) is 43.8 Å². The van der Waals surface area contributed by atoms with Gasteiger partial charge < -0.3 is 19.5 Å². The van der Waals surface area contributed by atoms with Gasteiger partial charge in [-0.3, -0.25) is 14.9 Å². The minimum absolute atomic E-state index is 0.0477. The van der Waals surface area contributed by atoms with E-state index in [1.165, 1.54) is 38.5 Å². The second-order valence-corrected chi connectivity index (χ2v) is 6.45. The molecular weight excluding hydrogens is 352 g/mol. The summed E-state index contributed by atoms with van der Waals surface area (Å²) >= 11 is 0. The first kappa shape index (κ1) is 21.0. The molecule has 0 unspecified atom stereocenters. The maximum Gasteiger partial charge on any atom is 0.286 e. The van der Waals surface area contributed by atoms with Crippen molar-refractivity contribution in [3.05, 3.63) is 27.8 Å². The Bertz CT molecular complexity index is 643. The second-order valence-electron chi connectivity index (χ2n) is 6.45. The van der Waals surface area contributed by atoms with Crippen molar-refractivity contribution >= 4 is 11.6 Å². The van der Waals surface area contributed by atoms with Crippen LogP contribution in [0.2, 0.25) is 0 Å². The van der Waals surface area contributed by atoms with E-state index in [0.717, 1.165) is 12.8 Å². The number of hydrogen-bond acceptors (Lipinski definition) is 6. The van der Waals surface area contributed by atoms with E-state index in [1.807, 2.05) is 0 Å². The molecule has 1 aliphatic rings. The lowest BCUT2D eigenvalue weighted by Gasteiger charge is -2.21. The Labute approximate surface area is 159 Å². The number of nitro benzene ring substituents is 1. The maximum absolute atomic E-state index is 12.4. The van der Waals surface area contributed by atoms with Crippen molar-refractivity contribution in [3.63, 3.8) is 0 Å². The summed E-state index contributed by atoms with van der Waals surface area (Å²) < 4.78 is 16.3. The van der Waals surface area contributed by atoms with Gasteiger partial charge in [0.2, 0.25) is 0 Å². The topological polar surface area (TPSA) is 99.9 Å². The third kappa shape index (κ3) is 6.09. The van der Waals surface area contributed by atoms with Crippen LogP contribution in [0.15, 0.2) is 12.1 Å². The number of rotatable bonds is 10. The van der Waals surface area contributed by atoms with E-state index in [-0.39, 0.29) is 22.7 Å². The van der Waals surface area contributed by atoms with Crippen molar-refractivity contribution in [3.8, 4) is 11.5 Å². The summed E-state index contributed by atoms with van der Waals surface area (Å²) in [5, 5.41) is 14.1. The molecule has 0 saturated heterocycles. The van der Waals surface area contributed by atoms with Crippen LogP contribution in [-0.2, 0) is 4.74 Å². The fourth-order valence-electron chi connectivity index (χ4n) is 3.16. The van der Waals surface area contributed by atoms with Gasteiger partial charge in [0.1, 0.15) is 5.56 Å². The van der Waals surface area contributed by atoms with Crippen LogP contribution in [0.25, 0.3) is 0 Å². The average molecular weight is 380 g/mol. The summed E-state index contributed by atoms with van der Waals surface area (Å²) in [6, 6.07) is 2.57. The van der Waals surface area contributed by atoms with Gasteiger partial charge in [-0.05, 0) is 26.2 Å². The molecule has 1 aromatic rings. The van der Waals surface area contributed by atoms with Gasteiger partial charge in [-0.15, -0.1) is 0 Å². The molecule has 0 heterocycles. The van der Waals surface area contributed by atoms with Gasteiger partial charge in [0.05, 0.1) is 30.8 Å². The predicted molar refractivity (Wildman–Crippen MR) is 101 cm³/mol. The molecule has 0 atom stereocenters. The lowest BCUT2D eigenvalue weighted by atomic mass is 9.98. The first-order valence-electron chi connectivity index (χ1n) is 9.45. The van der Waals surface area contributed by atoms with E-state index in [4.69, 9.17) is 14.2 Å². The average Bonchev–Trinajstić information content (AvgIpc) is 2.68. The molecule has 1 N–H and O–H groups in total. The molecule has 0 aromatic heterocycles. The summed E-state index contributed by atoms with van der Waals surface area (Å²) in [5.41, 5.74) is -0.358. The number of benzene rings is 1. The van der Waals surface area contributed by atoms with E-state index in [9.17, 15) is 14.9 Å². The summed E-state index contributed by atoms with van der Waals surface area (Å²) in [6.07, 6.45) is 6.89. The molecular formula is C19H28N2O6. The Balaban J connectivity index is 1.92. The molecule has 1 saturated carbocycles. The van der Waals surface area contributed by atoms with E-state index < -0.39 is 10.8 Å². The van der Waals surface area contributed by atoms with E-state index in [2.05, 4.69) is 5.32 Å². The first-order valence-corrected chi connectivity index (χ1v) is 9.45. The van der Waals surface area contributed by atoms with Crippen molar-refractivity contribution in [2.75, 3.05) is 26.9 Å². The molecule has 1 amide bonds. The van der Waals surface area contributed by atoms with Gasteiger partial charge >= 0.3 is 0 Å². The van der Waals surface area contributed by atoms with Crippen LogP contribution in [0, 0.1) is 10.1 Å². The number of amides is 1. The molecule has 8 heteroatoms. The Morgan fingerprint density at radius 2 is 2.00 bits per heavy atom. The molecule has 1 aliphatic carbocycles. The third-order valence-electron chi connectivity index (χ3n) is 4.54. The molecule has 1 fully saturated rings. The highest BCUT2D eigenvalue weighted by Gasteiger charge is 2.24. The number of carbonyl (C=O) groups is 1. The fraction of sp³-hybridized carbons (Fsp3) is 0.632. The van der Waals surface area contributed by atoms with Crippen molar-refractivity contribution in [2.45, 2.75) is 51.6 Å². The van der Waals surface area contributed by atoms with Gasteiger partial charge in [0.25, 0.3) is 11.6 Å². The van der Waals surface area contributed by atoms with Crippen molar-refractivity contribution in [1.29, 1.82) is 0 Å². The summed E-state index contributed by atoms with van der Waals surface area (Å²) in [5.74, 6) is 0.0121. The second kappa shape index (κ2) is 10.7. The molecule has 0 bridgehead atoms. The lowest BCUT2D eigenvalue weighted by molar-refractivity contribution is -0.385. The van der Waals surface area contributed by atoms with Gasteiger partial charge in [-0.1, -0.05) is 19.3 Å². The Kier molecular flexibility index (Phi) is 8.32. The molecule has 8 nitrogen and oxygen atoms in total. The zero-order valence-electron chi connectivity index (χ0n) is 16.0. The smallest absolute Gasteiger partial charge is 0.286 e. The molecule has 0 aliphatic heterocycles. The van der Waals surface area contributed by atoms with Gasteiger partial charge in [-0.2, -0.15) is 0 Å². The number of methoxy groups -OCH3 is 1. The number of nitrogens with zero attached hydrogens (tertiary/aromatic N) is 1. The lowest BCUT2D eigenvalue weighted by Crippen LogP contribution is -2.27. The van der Waals surface area contributed by atoms with Gasteiger partial charge in [0, 0.05) is 19.2 Å². The van der Waals surface area contributed by atoms with Crippen LogP contribution in [0.4, 0.5) is 5.69 Å². The van der Waals surface area contributed by atoms with Crippen molar-refractivity contribution in [2.24, 2.45) is 0 Å². The Morgan fingerprint density at radius 3 is 2.63 bits per heavy atom. The molecule has 27 heavy (non-hydrogen) atoms. The highest BCUT2D eigenvalue weighted by molar-refractivity contribution is 5.99. The number of nitro groups is 1. The molecule has 1 aromatic carbocycles. The number of carbonyl (C=O) groups excluding carboxylic acids is 1. The van der Waals surface area contributed by atoms with E-state index in [1.54, 1.807) is 6.92 Å². The number of nitrogens with one attached hydrogen (secondary N) is 1. The van der Waals surface area contributed by atoms with Crippen LogP contribution in [0.5, 0.6) is 11.5 Å². The van der Waals surface area contributed by atoms with E-state index >= 15 is 0 Å². The molecule has 0 spiro atoms. The zero-order valence-corrected chi connectivity index (χ0v) is 16.0. The highest BCUT2D eigenvalue weighted by Crippen LogP contribution is 2.34. The first-order chi connectivity index (χ1) is 13.1. The van der Waals surface area contributed by atoms with Crippen LogP contribution < -0.4 is 14.8 Å². The number of ether oxygens (including phenoxy) is 3. The van der Waals surface area contributed by atoms with E-state index in [0.29, 0.717) is 32.3 Å². The minimum atomic E-state index is -0.594. The minimum Gasteiger partial charge on any atom is -0.493 e. The highest BCUT2D eigenvalue weighted by atomic mass is 16.6. The zero-order chi connectivity index (χ0) is 19.6. The van der Waals surface area contributed by atoms with Crippen molar-refractivity contribution < 1.29 is 23.9 Å². The molecule has 2 rings (SSSR count). The van der Waals surface area contributed by atoms with Crippen LogP contribution >= 0.6 is 0 Å². The monoisotopic (exact) mass is 380 g/mol. The summed E-state index contributed by atoms with van der Waals surface area (Å²) in [4.78, 5) is 23.2. The quantitative estimate of drug-likeness (QED) is 0.379. The largest absolute Gasteiger partial charge is 0.493 e. The van der Waals surface area contributed by atoms with Gasteiger partial charge in [-0.25, -0.2) is 0 Å². The summed E-state index contributed by atoms with van der Waals surface area (Å²) in [7, 11) is 1.42. The third-order valence-corrected chi connectivity index (χ3v) is 4.54. The van der Waals surface area contributed by atoms with Crippen LogP contribution in [0.3, 0.4) is 0 Å². The van der Waals surface area contributed by atoms with Crippen LogP contribution in [0.1, 0.15) is 55.8 Å². The molecule has 0 radical (unpaired) electrons. The Hall–Kier alpha value is -2.35. The normalized spacial score (nSPS) is 14.6. The molecule has 150 valence electrons. The maximum atomic E-state index is 12.4. The SMILES string of the molecule is CCOc1cc([N+](=O)[O-])c(C(=O)NCCCOC2CCCCC2)cc1OC. The predicted octanol–water partition coefficient (Wildman–Crippen LogP) is 3.47. The number of hydrogen-bond donors (Lipinski definition) is 1. The van der Waals surface area contributed by atoms with Crippen molar-refractivity contribution in [1.82, 2.24) is 5.32 Å².